The summed E-state index contributed by atoms with van der Waals surface area (Å²) in [5.74, 6) is 0. The van der Waals surface area contributed by atoms with Crippen molar-refractivity contribution in [2.24, 2.45) is 0 Å². The van der Waals surface area contributed by atoms with E-state index in [0.717, 1.165) is 14.7 Å². The van der Waals surface area contributed by atoms with Gasteiger partial charge >= 0.3 is 0 Å². The van der Waals surface area contributed by atoms with Crippen LogP contribution < -0.4 is 0 Å². The molecule has 0 atom stereocenters. The van der Waals surface area contributed by atoms with Gasteiger partial charge in [0.1, 0.15) is 5.60 Å². The maximum Gasteiger partial charge on any atom is 0.145 e. The van der Waals surface area contributed by atoms with Crippen molar-refractivity contribution in [3.63, 3.8) is 0 Å². The summed E-state index contributed by atoms with van der Waals surface area (Å²) < 4.78 is 7.33. The van der Waals surface area contributed by atoms with Crippen LogP contribution in [0.4, 0.5) is 0 Å². The van der Waals surface area contributed by atoms with E-state index in [4.69, 9.17) is 4.74 Å². The number of aliphatic hydroxyl groups is 1. The first-order valence-electron chi connectivity index (χ1n) is 4.68. The summed E-state index contributed by atoms with van der Waals surface area (Å²) >= 11 is 5.14. The van der Waals surface area contributed by atoms with Gasteiger partial charge in [0.2, 0.25) is 0 Å². The fraction of sp³-hybridized carbons (Fsp3) is 0.273. The number of halogens is 1. The predicted molar refractivity (Wildman–Crippen MR) is 64.2 cm³/mol. The molecule has 15 heavy (non-hydrogen) atoms. The van der Waals surface area contributed by atoms with Crippen LogP contribution in [0.3, 0.4) is 0 Å². The van der Waals surface area contributed by atoms with Crippen LogP contribution in [0.25, 0.3) is 10.1 Å². The van der Waals surface area contributed by atoms with Gasteiger partial charge in [0, 0.05) is 19.4 Å². The second-order valence-electron chi connectivity index (χ2n) is 3.79. The molecule has 2 heterocycles. The summed E-state index contributed by atoms with van der Waals surface area (Å²) in [5, 5.41) is 11.3. The van der Waals surface area contributed by atoms with Gasteiger partial charge in [-0.3, -0.25) is 0 Å². The Hall–Kier alpha value is -0.420. The highest BCUT2D eigenvalue weighted by molar-refractivity contribution is 9.10. The molecule has 1 saturated heterocycles. The summed E-state index contributed by atoms with van der Waals surface area (Å²) in [5.41, 5.74) is -0.747. The number of fused-ring (bicyclic) bond motifs is 1. The molecule has 1 aliphatic rings. The molecular weight excluding hydrogens is 276 g/mol. The molecule has 0 amide bonds. The Bertz CT molecular complexity index is 516. The zero-order valence-corrected chi connectivity index (χ0v) is 10.3. The van der Waals surface area contributed by atoms with E-state index in [9.17, 15) is 5.11 Å². The van der Waals surface area contributed by atoms with Gasteiger partial charge in [-0.25, -0.2) is 0 Å². The van der Waals surface area contributed by atoms with Gasteiger partial charge in [-0.1, -0.05) is 22.0 Å². The Balaban J connectivity index is 2.18. The van der Waals surface area contributed by atoms with Gasteiger partial charge in [0.15, 0.2) is 0 Å². The number of benzene rings is 1. The summed E-state index contributed by atoms with van der Waals surface area (Å²) in [6.45, 7) is 0.828. The molecule has 0 saturated carbocycles. The second-order valence-corrected chi connectivity index (χ2v) is 5.72. The lowest BCUT2D eigenvalue weighted by Crippen LogP contribution is -2.45. The molecule has 2 aromatic rings. The SMILES string of the molecule is OC1(c2cc3c(Br)cccc3s2)COC1. The van der Waals surface area contributed by atoms with E-state index in [1.165, 1.54) is 4.70 Å². The summed E-state index contributed by atoms with van der Waals surface area (Å²) in [6, 6.07) is 8.14. The molecule has 0 bridgehead atoms. The molecule has 1 aliphatic heterocycles. The van der Waals surface area contributed by atoms with Gasteiger partial charge in [0.25, 0.3) is 0 Å². The van der Waals surface area contributed by atoms with E-state index < -0.39 is 5.60 Å². The highest BCUT2D eigenvalue weighted by atomic mass is 79.9. The lowest BCUT2D eigenvalue weighted by atomic mass is 10.00. The molecular formula is C11H9BrO2S. The maximum atomic E-state index is 10.1. The molecule has 0 aliphatic carbocycles. The Kier molecular flexibility index (Phi) is 2.14. The third kappa shape index (κ3) is 1.44. The molecule has 3 rings (SSSR count). The van der Waals surface area contributed by atoms with Gasteiger partial charge in [-0.2, -0.15) is 0 Å². The minimum Gasteiger partial charge on any atom is -0.379 e. The van der Waals surface area contributed by atoms with E-state index >= 15 is 0 Å². The van der Waals surface area contributed by atoms with E-state index in [1.807, 2.05) is 18.2 Å². The molecule has 1 fully saturated rings. The Morgan fingerprint density at radius 1 is 1.40 bits per heavy atom. The molecule has 1 aromatic carbocycles. The Morgan fingerprint density at radius 3 is 2.80 bits per heavy atom. The second kappa shape index (κ2) is 3.28. The van der Waals surface area contributed by atoms with Gasteiger partial charge < -0.3 is 9.84 Å². The van der Waals surface area contributed by atoms with Gasteiger partial charge in [-0.15, -0.1) is 11.3 Å². The quantitative estimate of drug-likeness (QED) is 0.873. The van der Waals surface area contributed by atoms with E-state index in [-0.39, 0.29) is 0 Å². The van der Waals surface area contributed by atoms with Gasteiger partial charge in [0.05, 0.1) is 13.2 Å². The minimum absolute atomic E-state index is 0.414. The lowest BCUT2D eigenvalue weighted by molar-refractivity contribution is -0.182. The molecule has 0 radical (unpaired) electrons. The summed E-state index contributed by atoms with van der Waals surface area (Å²) in [6.07, 6.45) is 0. The van der Waals surface area contributed by atoms with Crippen molar-refractivity contribution in [2.45, 2.75) is 5.60 Å². The standard InChI is InChI=1S/C11H9BrO2S/c12-8-2-1-3-9-7(8)4-10(15-9)11(13)5-14-6-11/h1-4,13H,5-6H2. The number of rotatable bonds is 1. The highest BCUT2D eigenvalue weighted by Crippen LogP contribution is 2.39. The van der Waals surface area contributed by atoms with Crippen molar-refractivity contribution in [3.05, 3.63) is 33.6 Å². The average Bonchev–Trinajstić information content (AvgIpc) is 2.59. The van der Waals surface area contributed by atoms with Crippen molar-refractivity contribution in [1.82, 2.24) is 0 Å². The summed E-state index contributed by atoms with van der Waals surface area (Å²) in [7, 11) is 0. The van der Waals surface area contributed by atoms with E-state index in [2.05, 4.69) is 22.0 Å². The Labute approximate surface area is 99.6 Å². The average molecular weight is 285 g/mol. The lowest BCUT2D eigenvalue weighted by Gasteiger charge is -2.35. The van der Waals surface area contributed by atoms with Crippen molar-refractivity contribution in [1.29, 1.82) is 0 Å². The van der Waals surface area contributed by atoms with Crippen LogP contribution >= 0.6 is 27.3 Å². The first-order chi connectivity index (χ1) is 7.19. The zero-order valence-electron chi connectivity index (χ0n) is 7.87. The molecule has 1 N–H and O–H groups in total. The summed E-state index contributed by atoms with van der Waals surface area (Å²) in [4.78, 5) is 0.996. The first kappa shape index (κ1) is 9.78. The van der Waals surface area contributed by atoms with Crippen molar-refractivity contribution in [3.8, 4) is 0 Å². The predicted octanol–water partition coefficient (Wildman–Crippen LogP) is 2.88. The number of hydrogen-bond donors (Lipinski definition) is 1. The van der Waals surface area contributed by atoms with Crippen LogP contribution in [0, 0.1) is 0 Å². The smallest absolute Gasteiger partial charge is 0.145 e. The van der Waals surface area contributed by atoms with Crippen molar-refractivity contribution >= 4 is 37.4 Å². The van der Waals surface area contributed by atoms with Crippen LogP contribution in [0.1, 0.15) is 4.88 Å². The maximum absolute atomic E-state index is 10.1. The molecule has 4 heteroatoms. The van der Waals surface area contributed by atoms with Crippen molar-refractivity contribution in [2.75, 3.05) is 13.2 Å². The number of thiophene rings is 1. The zero-order chi connectivity index (χ0) is 10.5. The van der Waals surface area contributed by atoms with Crippen LogP contribution in [-0.4, -0.2) is 18.3 Å². The number of ether oxygens (including phenoxy) is 1. The van der Waals surface area contributed by atoms with Crippen LogP contribution in [0.2, 0.25) is 0 Å². The van der Waals surface area contributed by atoms with Crippen molar-refractivity contribution < 1.29 is 9.84 Å². The molecule has 1 aromatic heterocycles. The topological polar surface area (TPSA) is 29.5 Å². The third-order valence-electron chi connectivity index (χ3n) is 2.65. The third-order valence-corrected chi connectivity index (χ3v) is 4.63. The molecule has 0 unspecified atom stereocenters. The Morgan fingerprint density at radius 2 is 2.20 bits per heavy atom. The van der Waals surface area contributed by atoms with Crippen LogP contribution in [0.15, 0.2) is 28.7 Å². The first-order valence-corrected chi connectivity index (χ1v) is 6.29. The fourth-order valence-corrected chi connectivity index (χ4v) is 3.45. The molecule has 78 valence electrons. The normalized spacial score (nSPS) is 19.1. The monoisotopic (exact) mass is 284 g/mol. The minimum atomic E-state index is -0.747. The van der Waals surface area contributed by atoms with E-state index in [0.29, 0.717) is 13.2 Å². The van der Waals surface area contributed by atoms with Crippen LogP contribution in [0.5, 0.6) is 0 Å². The van der Waals surface area contributed by atoms with Crippen LogP contribution in [-0.2, 0) is 10.3 Å². The number of hydrogen-bond acceptors (Lipinski definition) is 3. The highest BCUT2D eigenvalue weighted by Gasteiger charge is 2.39. The van der Waals surface area contributed by atoms with Gasteiger partial charge in [-0.05, 0) is 18.2 Å². The molecule has 2 nitrogen and oxygen atoms in total. The fourth-order valence-electron chi connectivity index (χ4n) is 1.69. The van der Waals surface area contributed by atoms with E-state index in [1.54, 1.807) is 11.3 Å². The largest absolute Gasteiger partial charge is 0.379 e. The molecule has 0 spiro atoms.